The molecular weight excluding hydrogens is 173 g/mol. The van der Waals surface area contributed by atoms with Gasteiger partial charge in [-0.05, 0) is 17.7 Å². The van der Waals surface area contributed by atoms with Crippen molar-refractivity contribution >= 4 is 0 Å². The SMILES string of the molecule is N#CC(O)C(O)c1ccc(F)cc1. The van der Waals surface area contributed by atoms with Gasteiger partial charge < -0.3 is 10.2 Å². The smallest absolute Gasteiger partial charge is 0.170 e. The number of aliphatic hydroxyl groups is 2. The van der Waals surface area contributed by atoms with Crippen LogP contribution in [0, 0.1) is 17.1 Å². The molecule has 0 amide bonds. The first-order chi connectivity index (χ1) is 6.15. The van der Waals surface area contributed by atoms with E-state index in [0.29, 0.717) is 5.56 Å². The summed E-state index contributed by atoms with van der Waals surface area (Å²) in [6.07, 6.45) is -2.77. The van der Waals surface area contributed by atoms with E-state index in [2.05, 4.69) is 0 Å². The van der Waals surface area contributed by atoms with Crippen LogP contribution in [0.1, 0.15) is 11.7 Å². The van der Waals surface area contributed by atoms with Gasteiger partial charge in [-0.3, -0.25) is 0 Å². The van der Waals surface area contributed by atoms with Gasteiger partial charge in [0.05, 0.1) is 6.07 Å². The monoisotopic (exact) mass is 181 g/mol. The standard InChI is InChI=1S/C9H8FNO2/c10-7-3-1-6(2-4-7)9(13)8(12)5-11/h1-4,8-9,12-13H. The van der Waals surface area contributed by atoms with E-state index in [1.807, 2.05) is 0 Å². The minimum absolute atomic E-state index is 0.315. The van der Waals surface area contributed by atoms with Gasteiger partial charge in [-0.25, -0.2) is 4.39 Å². The van der Waals surface area contributed by atoms with Crippen LogP contribution < -0.4 is 0 Å². The summed E-state index contributed by atoms with van der Waals surface area (Å²) in [4.78, 5) is 0. The molecule has 3 nitrogen and oxygen atoms in total. The van der Waals surface area contributed by atoms with E-state index < -0.39 is 18.0 Å². The van der Waals surface area contributed by atoms with Crippen molar-refractivity contribution in [3.63, 3.8) is 0 Å². The molecule has 2 unspecified atom stereocenters. The Hall–Kier alpha value is -1.44. The normalized spacial score (nSPS) is 14.6. The minimum atomic E-state index is -1.48. The first-order valence-electron chi connectivity index (χ1n) is 3.66. The van der Waals surface area contributed by atoms with Crippen LogP contribution in [0.5, 0.6) is 0 Å². The molecule has 0 saturated carbocycles. The number of hydrogen-bond acceptors (Lipinski definition) is 3. The molecule has 0 saturated heterocycles. The molecule has 13 heavy (non-hydrogen) atoms. The Kier molecular flexibility index (Phi) is 2.96. The minimum Gasteiger partial charge on any atom is -0.385 e. The van der Waals surface area contributed by atoms with Gasteiger partial charge in [0.2, 0.25) is 0 Å². The van der Waals surface area contributed by atoms with Crippen LogP contribution >= 0.6 is 0 Å². The molecule has 2 N–H and O–H groups in total. The largest absolute Gasteiger partial charge is 0.385 e. The summed E-state index contributed by atoms with van der Waals surface area (Å²) in [5.41, 5.74) is 0.315. The summed E-state index contributed by atoms with van der Waals surface area (Å²) < 4.78 is 12.4. The van der Waals surface area contributed by atoms with E-state index in [1.54, 1.807) is 0 Å². The molecule has 0 aliphatic heterocycles. The average molecular weight is 181 g/mol. The molecule has 1 aromatic rings. The predicted octanol–water partition coefficient (Wildman–Crippen LogP) is 0.744. The van der Waals surface area contributed by atoms with Crippen molar-refractivity contribution in [2.75, 3.05) is 0 Å². The van der Waals surface area contributed by atoms with Crippen LogP contribution in [-0.4, -0.2) is 16.3 Å². The summed E-state index contributed by atoms with van der Waals surface area (Å²) in [5.74, 6) is -0.428. The molecule has 0 fully saturated rings. The van der Waals surface area contributed by atoms with Crippen LogP contribution in [0.15, 0.2) is 24.3 Å². The summed E-state index contributed by atoms with van der Waals surface area (Å²) in [6.45, 7) is 0. The zero-order valence-electron chi connectivity index (χ0n) is 6.68. The second-order valence-corrected chi connectivity index (χ2v) is 2.57. The molecule has 0 radical (unpaired) electrons. The zero-order chi connectivity index (χ0) is 9.84. The summed E-state index contributed by atoms with van der Waals surface area (Å²) in [5, 5.41) is 26.5. The lowest BCUT2D eigenvalue weighted by Gasteiger charge is -2.11. The molecule has 2 atom stereocenters. The van der Waals surface area contributed by atoms with Crippen molar-refractivity contribution in [1.29, 1.82) is 5.26 Å². The fourth-order valence-electron chi connectivity index (χ4n) is 0.913. The second kappa shape index (κ2) is 3.99. The highest BCUT2D eigenvalue weighted by Gasteiger charge is 2.16. The summed E-state index contributed by atoms with van der Waals surface area (Å²) in [7, 11) is 0. The number of nitrogens with zero attached hydrogens (tertiary/aromatic N) is 1. The van der Waals surface area contributed by atoms with Gasteiger partial charge in [0.15, 0.2) is 6.10 Å². The van der Waals surface area contributed by atoms with E-state index in [0.717, 1.165) is 12.1 Å². The van der Waals surface area contributed by atoms with Gasteiger partial charge in [-0.2, -0.15) is 5.26 Å². The van der Waals surface area contributed by atoms with Crippen molar-refractivity contribution in [2.24, 2.45) is 0 Å². The highest BCUT2D eigenvalue weighted by atomic mass is 19.1. The summed E-state index contributed by atoms with van der Waals surface area (Å²) >= 11 is 0. The maximum absolute atomic E-state index is 12.4. The number of rotatable bonds is 2. The van der Waals surface area contributed by atoms with Gasteiger partial charge in [0.1, 0.15) is 11.9 Å². The molecule has 0 heterocycles. The number of nitriles is 1. The van der Waals surface area contributed by atoms with Crippen molar-refractivity contribution in [1.82, 2.24) is 0 Å². The topological polar surface area (TPSA) is 64.2 Å². The number of halogens is 1. The fraction of sp³-hybridized carbons (Fsp3) is 0.222. The van der Waals surface area contributed by atoms with Crippen LogP contribution in [0.3, 0.4) is 0 Å². The van der Waals surface area contributed by atoms with E-state index >= 15 is 0 Å². The number of aliphatic hydroxyl groups excluding tert-OH is 2. The first-order valence-corrected chi connectivity index (χ1v) is 3.66. The van der Waals surface area contributed by atoms with Gasteiger partial charge in [-0.15, -0.1) is 0 Å². The Bertz CT molecular complexity index is 317. The second-order valence-electron chi connectivity index (χ2n) is 2.57. The lowest BCUT2D eigenvalue weighted by molar-refractivity contribution is 0.0527. The van der Waals surface area contributed by atoms with E-state index in [-0.39, 0.29) is 0 Å². The molecule has 0 aliphatic rings. The van der Waals surface area contributed by atoms with E-state index in [9.17, 15) is 9.50 Å². The van der Waals surface area contributed by atoms with Gasteiger partial charge in [-0.1, -0.05) is 12.1 Å². The molecular formula is C9H8FNO2. The Morgan fingerprint density at radius 3 is 2.23 bits per heavy atom. The molecule has 4 heteroatoms. The van der Waals surface area contributed by atoms with E-state index in [4.69, 9.17) is 10.4 Å². The third kappa shape index (κ3) is 2.25. The molecule has 0 spiro atoms. The van der Waals surface area contributed by atoms with Crippen LogP contribution in [-0.2, 0) is 0 Å². The first kappa shape index (κ1) is 9.65. The quantitative estimate of drug-likeness (QED) is 0.661. The zero-order valence-corrected chi connectivity index (χ0v) is 6.68. The van der Waals surface area contributed by atoms with Gasteiger partial charge in [0, 0.05) is 0 Å². The van der Waals surface area contributed by atoms with Gasteiger partial charge >= 0.3 is 0 Å². The average Bonchev–Trinajstić information content (AvgIpc) is 2.17. The Balaban J connectivity index is 2.84. The lowest BCUT2D eigenvalue weighted by atomic mass is 10.1. The highest BCUT2D eigenvalue weighted by molar-refractivity contribution is 5.20. The molecule has 0 aliphatic carbocycles. The third-order valence-electron chi connectivity index (χ3n) is 1.64. The van der Waals surface area contributed by atoms with Crippen molar-refractivity contribution < 1.29 is 14.6 Å². The summed E-state index contributed by atoms with van der Waals surface area (Å²) in [6, 6.07) is 6.44. The van der Waals surface area contributed by atoms with Crippen molar-refractivity contribution in [2.45, 2.75) is 12.2 Å². The van der Waals surface area contributed by atoms with Crippen molar-refractivity contribution in [3.8, 4) is 6.07 Å². The maximum atomic E-state index is 12.4. The molecule has 0 bridgehead atoms. The number of benzene rings is 1. The Morgan fingerprint density at radius 2 is 1.77 bits per heavy atom. The number of hydrogen-bond donors (Lipinski definition) is 2. The van der Waals surface area contributed by atoms with Crippen molar-refractivity contribution in [3.05, 3.63) is 35.6 Å². The third-order valence-corrected chi connectivity index (χ3v) is 1.64. The Labute approximate surface area is 74.7 Å². The van der Waals surface area contributed by atoms with Gasteiger partial charge in [0.25, 0.3) is 0 Å². The predicted molar refractivity (Wildman–Crippen MR) is 43.0 cm³/mol. The van der Waals surface area contributed by atoms with Crippen LogP contribution in [0.2, 0.25) is 0 Å². The van der Waals surface area contributed by atoms with E-state index in [1.165, 1.54) is 18.2 Å². The van der Waals surface area contributed by atoms with Crippen LogP contribution in [0.4, 0.5) is 4.39 Å². The highest BCUT2D eigenvalue weighted by Crippen LogP contribution is 2.16. The maximum Gasteiger partial charge on any atom is 0.170 e. The fourth-order valence-corrected chi connectivity index (χ4v) is 0.913. The molecule has 0 aromatic heterocycles. The molecule has 68 valence electrons. The Morgan fingerprint density at radius 1 is 1.23 bits per heavy atom. The molecule has 1 aromatic carbocycles. The van der Waals surface area contributed by atoms with Crippen LogP contribution in [0.25, 0.3) is 0 Å². The molecule has 1 rings (SSSR count). The lowest BCUT2D eigenvalue weighted by Crippen LogP contribution is -2.15.